The molecule has 1 atom stereocenters. The van der Waals surface area contributed by atoms with Gasteiger partial charge in [0.1, 0.15) is 6.23 Å². The summed E-state index contributed by atoms with van der Waals surface area (Å²) in [5, 5.41) is 0. The van der Waals surface area contributed by atoms with E-state index in [2.05, 4.69) is 0 Å². The van der Waals surface area contributed by atoms with E-state index in [1.807, 2.05) is 6.92 Å². The Morgan fingerprint density at radius 2 is 1.29 bits per heavy atom. The maximum atomic E-state index is 5.76. The molecule has 0 saturated carbocycles. The lowest BCUT2D eigenvalue weighted by molar-refractivity contribution is 0.0597. The summed E-state index contributed by atoms with van der Waals surface area (Å²) in [6.07, 6.45) is 12.8. The van der Waals surface area contributed by atoms with Crippen molar-refractivity contribution in [3.05, 3.63) is 0 Å². The lowest BCUT2D eigenvalue weighted by Gasteiger charge is -2.10. The van der Waals surface area contributed by atoms with Gasteiger partial charge in [-0.15, -0.1) is 0 Å². The summed E-state index contributed by atoms with van der Waals surface area (Å²) in [5.41, 5.74) is 11.2. The lowest BCUT2D eigenvalue weighted by Crippen LogP contribution is -2.23. The molecule has 0 heterocycles. The fourth-order valence-electron chi connectivity index (χ4n) is 2.02. The molecule has 0 aliphatic rings. The Bertz CT molecular complexity index is 142. The summed E-state index contributed by atoms with van der Waals surface area (Å²) in [6, 6.07) is 0. The molecule has 0 radical (unpaired) electrons. The van der Waals surface area contributed by atoms with Crippen molar-refractivity contribution < 1.29 is 4.74 Å². The molecule has 0 aromatic heterocycles. The zero-order valence-electron chi connectivity index (χ0n) is 11.6. The fraction of sp³-hybridized carbons (Fsp3) is 1.00. The molecular weight excluding hydrogens is 212 g/mol. The first-order chi connectivity index (χ1) is 8.31. The zero-order valence-corrected chi connectivity index (χ0v) is 11.6. The predicted octanol–water partition coefficient (Wildman–Crippen LogP) is 3.17. The lowest BCUT2D eigenvalue weighted by atomic mass is 10.1. The van der Waals surface area contributed by atoms with Crippen molar-refractivity contribution in [3.63, 3.8) is 0 Å². The minimum Gasteiger partial charge on any atom is -0.364 e. The Hall–Kier alpha value is -0.120. The minimum atomic E-state index is -0.0451. The third-order valence-electron chi connectivity index (χ3n) is 3.07. The second kappa shape index (κ2) is 13.9. The van der Waals surface area contributed by atoms with Crippen LogP contribution in [0.1, 0.15) is 71.1 Å². The van der Waals surface area contributed by atoms with E-state index in [0.717, 1.165) is 19.6 Å². The smallest absolute Gasteiger partial charge is 0.105 e. The van der Waals surface area contributed by atoms with Crippen LogP contribution in [0.3, 0.4) is 0 Å². The Morgan fingerprint density at radius 3 is 1.76 bits per heavy atom. The molecule has 0 aromatic rings. The monoisotopic (exact) mass is 244 g/mol. The van der Waals surface area contributed by atoms with Crippen molar-refractivity contribution in [1.29, 1.82) is 0 Å². The highest BCUT2D eigenvalue weighted by Gasteiger charge is 2.00. The van der Waals surface area contributed by atoms with Crippen molar-refractivity contribution in [2.75, 3.05) is 13.2 Å². The van der Waals surface area contributed by atoms with Gasteiger partial charge in [-0.3, -0.25) is 0 Å². The third-order valence-corrected chi connectivity index (χ3v) is 3.07. The van der Waals surface area contributed by atoms with Crippen molar-refractivity contribution in [3.8, 4) is 0 Å². The molecule has 1 unspecified atom stereocenters. The van der Waals surface area contributed by atoms with Crippen molar-refractivity contribution >= 4 is 0 Å². The first kappa shape index (κ1) is 16.9. The van der Waals surface area contributed by atoms with E-state index in [0.29, 0.717) is 0 Å². The van der Waals surface area contributed by atoms with Gasteiger partial charge in [-0.1, -0.05) is 44.9 Å². The standard InChI is InChI=1S/C14H32N2O/c1-2-17-14(16)12-10-8-6-4-3-5-7-9-11-13-15/h14H,2-13,15-16H2,1H3. The number of unbranched alkanes of at least 4 members (excludes halogenated alkanes) is 8. The summed E-state index contributed by atoms with van der Waals surface area (Å²) in [7, 11) is 0. The van der Waals surface area contributed by atoms with Gasteiger partial charge >= 0.3 is 0 Å². The number of hydrogen-bond donors (Lipinski definition) is 2. The van der Waals surface area contributed by atoms with Gasteiger partial charge in [-0.2, -0.15) is 0 Å². The van der Waals surface area contributed by atoms with Crippen LogP contribution in [-0.2, 0) is 4.74 Å². The van der Waals surface area contributed by atoms with E-state index in [-0.39, 0.29) is 6.23 Å². The molecule has 17 heavy (non-hydrogen) atoms. The summed E-state index contributed by atoms with van der Waals surface area (Å²) in [5.74, 6) is 0. The molecular formula is C14H32N2O. The number of ether oxygens (including phenoxy) is 1. The molecule has 3 nitrogen and oxygen atoms in total. The van der Waals surface area contributed by atoms with Crippen LogP contribution in [0.25, 0.3) is 0 Å². The SMILES string of the molecule is CCOC(N)CCCCCCCCCCCN. The summed E-state index contributed by atoms with van der Waals surface area (Å²) < 4.78 is 5.29. The summed E-state index contributed by atoms with van der Waals surface area (Å²) >= 11 is 0. The topological polar surface area (TPSA) is 61.3 Å². The van der Waals surface area contributed by atoms with Gasteiger partial charge in [-0.25, -0.2) is 0 Å². The summed E-state index contributed by atoms with van der Waals surface area (Å²) in [6.45, 7) is 3.56. The Morgan fingerprint density at radius 1 is 0.824 bits per heavy atom. The molecule has 0 aromatic carbocycles. The first-order valence-corrected chi connectivity index (χ1v) is 7.38. The highest BCUT2D eigenvalue weighted by molar-refractivity contribution is 4.51. The molecule has 3 heteroatoms. The van der Waals surface area contributed by atoms with Crippen LogP contribution in [0.4, 0.5) is 0 Å². The van der Waals surface area contributed by atoms with E-state index in [4.69, 9.17) is 16.2 Å². The quantitative estimate of drug-likeness (QED) is 0.386. The zero-order chi connectivity index (χ0) is 12.8. The maximum absolute atomic E-state index is 5.76. The van der Waals surface area contributed by atoms with Gasteiger partial charge in [0.25, 0.3) is 0 Å². The van der Waals surface area contributed by atoms with Crippen LogP contribution in [0.2, 0.25) is 0 Å². The molecule has 0 fully saturated rings. The van der Waals surface area contributed by atoms with E-state index >= 15 is 0 Å². The molecule has 4 N–H and O–H groups in total. The summed E-state index contributed by atoms with van der Waals surface area (Å²) in [4.78, 5) is 0. The highest BCUT2D eigenvalue weighted by atomic mass is 16.5. The van der Waals surface area contributed by atoms with E-state index < -0.39 is 0 Å². The molecule has 0 amide bonds. The van der Waals surface area contributed by atoms with Crippen LogP contribution in [0.5, 0.6) is 0 Å². The first-order valence-electron chi connectivity index (χ1n) is 7.38. The van der Waals surface area contributed by atoms with Crippen LogP contribution in [0, 0.1) is 0 Å². The molecule has 104 valence electrons. The minimum absolute atomic E-state index is 0.0451. The average Bonchev–Trinajstić information content (AvgIpc) is 2.32. The van der Waals surface area contributed by atoms with E-state index in [1.54, 1.807) is 0 Å². The van der Waals surface area contributed by atoms with Gasteiger partial charge < -0.3 is 16.2 Å². The number of hydrogen-bond acceptors (Lipinski definition) is 3. The van der Waals surface area contributed by atoms with Gasteiger partial charge in [0.2, 0.25) is 0 Å². The van der Waals surface area contributed by atoms with Gasteiger partial charge in [-0.05, 0) is 32.7 Å². The molecule has 0 aliphatic carbocycles. The van der Waals surface area contributed by atoms with Gasteiger partial charge in [0, 0.05) is 6.61 Å². The number of rotatable bonds is 13. The third kappa shape index (κ3) is 13.8. The van der Waals surface area contributed by atoms with E-state index in [1.165, 1.54) is 57.8 Å². The van der Waals surface area contributed by atoms with Crippen molar-refractivity contribution in [2.45, 2.75) is 77.4 Å². The molecule has 0 rings (SSSR count). The normalized spacial score (nSPS) is 12.9. The largest absolute Gasteiger partial charge is 0.364 e. The second-order valence-electron chi connectivity index (χ2n) is 4.75. The Labute approximate surface area is 107 Å². The van der Waals surface area contributed by atoms with Gasteiger partial charge in [0.15, 0.2) is 0 Å². The average molecular weight is 244 g/mol. The Kier molecular flexibility index (Phi) is 13.8. The molecule has 0 bridgehead atoms. The van der Waals surface area contributed by atoms with E-state index in [9.17, 15) is 0 Å². The van der Waals surface area contributed by atoms with Crippen LogP contribution < -0.4 is 11.5 Å². The highest BCUT2D eigenvalue weighted by Crippen LogP contribution is 2.11. The fourth-order valence-corrected chi connectivity index (χ4v) is 2.02. The van der Waals surface area contributed by atoms with Crippen molar-refractivity contribution in [2.24, 2.45) is 11.5 Å². The van der Waals surface area contributed by atoms with Crippen molar-refractivity contribution in [1.82, 2.24) is 0 Å². The predicted molar refractivity (Wildman–Crippen MR) is 74.8 cm³/mol. The van der Waals surface area contributed by atoms with Crippen LogP contribution >= 0.6 is 0 Å². The number of nitrogens with two attached hydrogens (primary N) is 2. The molecule has 0 aliphatic heterocycles. The Balaban J connectivity index is 2.98. The van der Waals surface area contributed by atoms with Gasteiger partial charge in [0.05, 0.1) is 0 Å². The molecule has 0 spiro atoms. The molecule has 0 saturated heterocycles. The van der Waals surface area contributed by atoms with Crippen LogP contribution in [0.15, 0.2) is 0 Å². The van der Waals surface area contributed by atoms with Crippen LogP contribution in [-0.4, -0.2) is 19.4 Å². The second-order valence-corrected chi connectivity index (χ2v) is 4.75. The maximum Gasteiger partial charge on any atom is 0.105 e.